The number of aromatic carboxylic acids is 1. The number of sulfonamides is 1. The fourth-order valence-electron chi connectivity index (χ4n) is 2.44. The van der Waals surface area contributed by atoms with Crippen LogP contribution < -0.4 is 0 Å². The second-order valence-electron chi connectivity index (χ2n) is 5.22. The first-order valence-corrected chi connectivity index (χ1v) is 7.76. The molecular formula is C12H18N2O5S. The van der Waals surface area contributed by atoms with E-state index in [-0.39, 0.29) is 23.7 Å². The van der Waals surface area contributed by atoms with E-state index in [0.29, 0.717) is 6.42 Å². The van der Waals surface area contributed by atoms with E-state index in [0.717, 1.165) is 12.5 Å². The number of β-amino-alcohol motifs (C(OH)–C–C–N with tert-alkyl or cyclic N) is 1. The third-order valence-corrected chi connectivity index (χ3v) is 5.25. The molecule has 7 nitrogen and oxygen atoms in total. The normalized spacial score (nSPS) is 18.8. The van der Waals surface area contributed by atoms with Crippen LogP contribution in [0, 0.1) is 0 Å². The van der Waals surface area contributed by atoms with Crippen molar-refractivity contribution >= 4 is 16.0 Å². The van der Waals surface area contributed by atoms with Crippen LogP contribution in [-0.2, 0) is 17.1 Å². The number of hydrogen-bond donors (Lipinski definition) is 2. The van der Waals surface area contributed by atoms with E-state index in [2.05, 4.69) is 0 Å². The lowest BCUT2D eigenvalue weighted by atomic mass is 9.92. The van der Waals surface area contributed by atoms with Crippen LogP contribution in [0.15, 0.2) is 17.2 Å². The Morgan fingerprint density at radius 2 is 2.05 bits per heavy atom. The molecule has 1 aliphatic rings. The van der Waals surface area contributed by atoms with Crippen molar-refractivity contribution in [3.05, 3.63) is 18.0 Å². The van der Waals surface area contributed by atoms with Crippen LogP contribution in [0.5, 0.6) is 0 Å². The summed E-state index contributed by atoms with van der Waals surface area (Å²) in [7, 11) is -2.26. The van der Waals surface area contributed by atoms with Crippen LogP contribution in [0.2, 0.25) is 0 Å². The maximum absolute atomic E-state index is 12.3. The molecule has 0 amide bonds. The summed E-state index contributed by atoms with van der Waals surface area (Å²) in [5, 5.41) is 19.0. The molecule has 0 radical (unpaired) electrons. The number of aromatic nitrogens is 1. The molecule has 1 aliphatic heterocycles. The van der Waals surface area contributed by atoms with Crippen LogP contribution in [0.3, 0.4) is 0 Å². The molecule has 1 aromatic heterocycles. The van der Waals surface area contributed by atoms with Crippen molar-refractivity contribution < 1.29 is 23.4 Å². The van der Waals surface area contributed by atoms with E-state index in [1.807, 2.05) is 6.92 Å². The summed E-state index contributed by atoms with van der Waals surface area (Å²) in [5.74, 6) is -1.18. The van der Waals surface area contributed by atoms with Gasteiger partial charge in [-0.15, -0.1) is 0 Å². The smallest absolute Gasteiger partial charge is 0.352 e. The van der Waals surface area contributed by atoms with Crippen LogP contribution in [-0.4, -0.2) is 52.2 Å². The standard InChI is InChI=1S/C12H18N2O5S/c1-3-4-12(17)7-14(8-12)20(18,19)9-5-10(11(15)16)13(2)6-9/h5-6,17H,3-4,7-8H2,1-2H3,(H,15,16). The Morgan fingerprint density at radius 1 is 1.45 bits per heavy atom. The fourth-order valence-corrected chi connectivity index (χ4v) is 4.11. The number of aryl methyl sites for hydroxylation is 1. The molecule has 1 aromatic rings. The third kappa shape index (κ3) is 2.46. The zero-order chi connectivity index (χ0) is 15.1. The van der Waals surface area contributed by atoms with Crippen LogP contribution >= 0.6 is 0 Å². The van der Waals surface area contributed by atoms with Gasteiger partial charge in [-0.25, -0.2) is 13.2 Å². The van der Waals surface area contributed by atoms with Crippen molar-refractivity contribution in [3.63, 3.8) is 0 Å². The van der Waals surface area contributed by atoms with E-state index in [9.17, 15) is 18.3 Å². The molecule has 20 heavy (non-hydrogen) atoms. The van der Waals surface area contributed by atoms with Crippen molar-refractivity contribution in [1.82, 2.24) is 8.87 Å². The number of carboxylic acid groups (broad SMARTS) is 1. The summed E-state index contributed by atoms with van der Waals surface area (Å²) < 4.78 is 27.0. The van der Waals surface area contributed by atoms with Gasteiger partial charge in [-0.2, -0.15) is 4.31 Å². The summed E-state index contributed by atoms with van der Waals surface area (Å²) >= 11 is 0. The lowest BCUT2D eigenvalue weighted by Crippen LogP contribution is -2.63. The molecule has 2 N–H and O–H groups in total. The zero-order valence-electron chi connectivity index (χ0n) is 11.4. The van der Waals surface area contributed by atoms with Crippen LogP contribution in [0.1, 0.15) is 30.3 Å². The highest BCUT2D eigenvalue weighted by Gasteiger charge is 2.46. The minimum absolute atomic E-state index is 0.0560. The molecular weight excluding hydrogens is 284 g/mol. The Morgan fingerprint density at radius 3 is 2.50 bits per heavy atom. The van der Waals surface area contributed by atoms with E-state index in [1.54, 1.807) is 0 Å². The molecule has 1 saturated heterocycles. The number of carbonyl (C=O) groups is 1. The molecule has 0 unspecified atom stereocenters. The number of hydrogen-bond acceptors (Lipinski definition) is 4. The van der Waals surface area contributed by atoms with Crippen molar-refractivity contribution in [2.45, 2.75) is 30.3 Å². The second kappa shape index (κ2) is 4.87. The Kier molecular flexibility index (Phi) is 3.66. The predicted octanol–water partition coefficient (Wildman–Crippen LogP) is 0.259. The maximum atomic E-state index is 12.3. The molecule has 0 atom stereocenters. The van der Waals surface area contributed by atoms with Gasteiger partial charge in [0.25, 0.3) is 0 Å². The Bertz CT molecular complexity index is 628. The quantitative estimate of drug-likeness (QED) is 0.812. The summed E-state index contributed by atoms with van der Waals surface area (Å²) in [6.07, 6.45) is 2.60. The Hall–Kier alpha value is -1.38. The molecule has 0 bridgehead atoms. The third-order valence-electron chi connectivity index (χ3n) is 3.49. The number of rotatable bonds is 5. The van der Waals surface area contributed by atoms with Gasteiger partial charge in [0.15, 0.2) is 0 Å². The van der Waals surface area contributed by atoms with Gasteiger partial charge in [0.1, 0.15) is 10.6 Å². The lowest BCUT2D eigenvalue weighted by Gasteiger charge is -2.45. The molecule has 0 spiro atoms. The van der Waals surface area contributed by atoms with E-state index >= 15 is 0 Å². The van der Waals surface area contributed by atoms with Gasteiger partial charge in [-0.1, -0.05) is 13.3 Å². The second-order valence-corrected chi connectivity index (χ2v) is 7.16. The van der Waals surface area contributed by atoms with Gasteiger partial charge in [0.2, 0.25) is 10.0 Å². The first-order chi connectivity index (χ1) is 9.19. The largest absolute Gasteiger partial charge is 0.477 e. The highest BCUT2D eigenvalue weighted by Crippen LogP contribution is 2.31. The van der Waals surface area contributed by atoms with Gasteiger partial charge in [0.05, 0.1) is 5.60 Å². The monoisotopic (exact) mass is 302 g/mol. The summed E-state index contributed by atoms with van der Waals surface area (Å²) in [5.41, 5.74) is -1.04. The van der Waals surface area contributed by atoms with Crippen molar-refractivity contribution in [1.29, 1.82) is 0 Å². The maximum Gasteiger partial charge on any atom is 0.352 e. The Labute approximate surface area is 117 Å². The summed E-state index contributed by atoms with van der Waals surface area (Å²) in [4.78, 5) is 10.9. The number of nitrogens with zero attached hydrogens (tertiary/aromatic N) is 2. The van der Waals surface area contributed by atoms with Crippen molar-refractivity contribution in [2.24, 2.45) is 7.05 Å². The summed E-state index contributed by atoms with van der Waals surface area (Å²) in [6, 6.07) is 1.13. The zero-order valence-corrected chi connectivity index (χ0v) is 12.2. The number of aliphatic hydroxyl groups is 1. The van der Waals surface area contributed by atoms with Gasteiger partial charge in [0, 0.05) is 26.3 Å². The molecule has 8 heteroatoms. The van der Waals surface area contributed by atoms with Crippen LogP contribution in [0.4, 0.5) is 0 Å². The molecule has 112 valence electrons. The van der Waals surface area contributed by atoms with E-state index in [4.69, 9.17) is 5.11 Å². The highest BCUT2D eigenvalue weighted by molar-refractivity contribution is 7.89. The molecule has 0 aromatic carbocycles. The molecule has 2 rings (SSSR count). The topological polar surface area (TPSA) is 99.8 Å². The molecule has 1 fully saturated rings. The molecule has 0 saturated carbocycles. The van der Waals surface area contributed by atoms with Crippen molar-refractivity contribution in [3.8, 4) is 0 Å². The molecule has 0 aliphatic carbocycles. The first-order valence-electron chi connectivity index (χ1n) is 6.32. The summed E-state index contributed by atoms with van der Waals surface area (Å²) in [6.45, 7) is 2.03. The van der Waals surface area contributed by atoms with Gasteiger partial charge >= 0.3 is 5.97 Å². The van der Waals surface area contributed by atoms with Crippen LogP contribution in [0.25, 0.3) is 0 Å². The SMILES string of the molecule is CCCC1(O)CN(S(=O)(=O)c2cc(C(=O)O)n(C)c2)C1. The minimum atomic E-state index is -3.74. The van der Waals surface area contributed by atoms with Gasteiger partial charge in [-0.3, -0.25) is 0 Å². The van der Waals surface area contributed by atoms with E-state index in [1.165, 1.54) is 22.1 Å². The van der Waals surface area contributed by atoms with Crippen molar-refractivity contribution in [2.75, 3.05) is 13.1 Å². The van der Waals surface area contributed by atoms with E-state index < -0.39 is 21.6 Å². The van der Waals surface area contributed by atoms with Gasteiger partial charge < -0.3 is 14.8 Å². The van der Waals surface area contributed by atoms with Gasteiger partial charge in [-0.05, 0) is 12.5 Å². The minimum Gasteiger partial charge on any atom is -0.477 e. The predicted molar refractivity (Wildman–Crippen MR) is 71.0 cm³/mol. The average Bonchev–Trinajstić information content (AvgIpc) is 2.69. The number of carboxylic acids is 1. The average molecular weight is 302 g/mol. The highest BCUT2D eigenvalue weighted by atomic mass is 32.2. The lowest BCUT2D eigenvalue weighted by molar-refractivity contribution is -0.0653. The Balaban J connectivity index is 2.21. The molecule has 2 heterocycles. The first kappa shape index (κ1) is 15.0. The fraction of sp³-hybridized carbons (Fsp3) is 0.583.